The van der Waals surface area contributed by atoms with Crippen molar-refractivity contribution in [1.29, 1.82) is 0 Å². The average Bonchev–Trinajstić information content (AvgIpc) is 2.84. The molecule has 3 nitrogen and oxygen atoms in total. The zero-order chi connectivity index (χ0) is 13.3. The summed E-state index contributed by atoms with van der Waals surface area (Å²) in [7, 11) is 0. The molecule has 2 aromatic rings. The highest BCUT2D eigenvalue weighted by atomic mass is 32.1. The van der Waals surface area contributed by atoms with E-state index in [0.717, 1.165) is 17.2 Å². The van der Waals surface area contributed by atoms with Gasteiger partial charge in [0.15, 0.2) is 0 Å². The highest BCUT2D eigenvalue weighted by molar-refractivity contribution is 7.09. The normalized spacial score (nSPS) is 14.7. The minimum Gasteiger partial charge on any atom is -0.466 e. The Morgan fingerprint density at radius 2 is 1.94 bits per heavy atom. The lowest BCUT2D eigenvalue weighted by atomic mass is 10.1. The van der Waals surface area contributed by atoms with Crippen LogP contribution in [0.4, 0.5) is 0 Å². The highest BCUT2D eigenvalue weighted by Crippen LogP contribution is 2.27. The third kappa shape index (κ3) is 2.65. The first kappa shape index (κ1) is 13.3. The van der Waals surface area contributed by atoms with Crippen LogP contribution in [0.25, 0.3) is 0 Å². The Kier molecular flexibility index (Phi) is 3.88. The summed E-state index contributed by atoms with van der Waals surface area (Å²) in [5.74, 6) is 1.97. The number of hydrogen-bond acceptors (Lipinski definition) is 4. The zero-order valence-electron chi connectivity index (χ0n) is 11.6. The van der Waals surface area contributed by atoms with E-state index in [-0.39, 0.29) is 6.04 Å². The van der Waals surface area contributed by atoms with Gasteiger partial charge in [-0.1, -0.05) is 0 Å². The van der Waals surface area contributed by atoms with Gasteiger partial charge in [-0.3, -0.25) is 0 Å². The molecular weight excluding hydrogens is 244 g/mol. The van der Waals surface area contributed by atoms with Crippen molar-refractivity contribution >= 4 is 11.3 Å². The van der Waals surface area contributed by atoms with E-state index in [1.807, 2.05) is 19.4 Å². The molecule has 0 amide bonds. The van der Waals surface area contributed by atoms with Crippen LogP contribution in [0, 0.1) is 20.8 Å². The minimum absolute atomic E-state index is 0.277. The first-order chi connectivity index (χ1) is 8.49. The molecule has 0 fully saturated rings. The summed E-state index contributed by atoms with van der Waals surface area (Å²) < 4.78 is 5.58. The predicted octanol–water partition coefficient (Wildman–Crippen LogP) is 4.07. The van der Waals surface area contributed by atoms with Gasteiger partial charge >= 0.3 is 0 Å². The third-order valence-corrected chi connectivity index (χ3v) is 4.34. The molecule has 0 aliphatic carbocycles. The van der Waals surface area contributed by atoms with Crippen LogP contribution in [0.1, 0.15) is 53.6 Å². The minimum atomic E-state index is 0.277. The molecule has 0 bridgehead atoms. The fourth-order valence-corrected chi connectivity index (χ4v) is 3.17. The lowest BCUT2D eigenvalue weighted by Crippen LogP contribution is -2.22. The largest absolute Gasteiger partial charge is 0.466 e. The van der Waals surface area contributed by atoms with Crippen molar-refractivity contribution in [3.63, 3.8) is 0 Å². The van der Waals surface area contributed by atoms with Crippen LogP contribution < -0.4 is 5.32 Å². The maximum atomic E-state index is 5.58. The Hall–Kier alpha value is -1.13. The highest BCUT2D eigenvalue weighted by Gasteiger charge is 2.17. The number of aromatic nitrogens is 1. The molecule has 2 heterocycles. The molecule has 2 rings (SSSR count). The third-order valence-electron chi connectivity index (χ3n) is 3.22. The van der Waals surface area contributed by atoms with Gasteiger partial charge in [0.1, 0.15) is 11.5 Å². The van der Waals surface area contributed by atoms with E-state index in [2.05, 4.69) is 37.1 Å². The molecule has 2 unspecified atom stereocenters. The summed E-state index contributed by atoms with van der Waals surface area (Å²) in [6.07, 6.45) is 0. The van der Waals surface area contributed by atoms with E-state index < -0.39 is 0 Å². The summed E-state index contributed by atoms with van der Waals surface area (Å²) in [5.41, 5.74) is 4.26. The standard InChI is InChI=1S/C14H20N2OS/c1-8-6-13(12(5)17-8)9(2)16-11(4)14-10(3)15-7-18-14/h6-7,9,11,16H,1-5H3. The van der Waals surface area contributed by atoms with E-state index in [9.17, 15) is 0 Å². The Morgan fingerprint density at radius 3 is 2.44 bits per heavy atom. The first-order valence-corrected chi connectivity index (χ1v) is 7.10. The van der Waals surface area contributed by atoms with E-state index in [0.29, 0.717) is 6.04 Å². The van der Waals surface area contributed by atoms with Crippen molar-refractivity contribution in [3.05, 3.63) is 39.2 Å². The van der Waals surface area contributed by atoms with Crippen LogP contribution in [0.15, 0.2) is 16.0 Å². The van der Waals surface area contributed by atoms with Crippen LogP contribution >= 0.6 is 11.3 Å². The fourth-order valence-electron chi connectivity index (χ4n) is 2.35. The quantitative estimate of drug-likeness (QED) is 0.904. The van der Waals surface area contributed by atoms with Crippen LogP contribution in [0.5, 0.6) is 0 Å². The van der Waals surface area contributed by atoms with Gasteiger partial charge in [0.05, 0.1) is 11.2 Å². The first-order valence-electron chi connectivity index (χ1n) is 6.22. The molecule has 0 saturated heterocycles. The second kappa shape index (κ2) is 5.24. The number of furan rings is 1. The monoisotopic (exact) mass is 264 g/mol. The van der Waals surface area contributed by atoms with Crippen LogP contribution in [-0.4, -0.2) is 4.98 Å². The molecule has 18 heavy (non-hydrogen) atoms. The Balaban J connectivity index is 2.10. The fraction of sp³-hybridized carbons (Fsp3) is 0.500. The summed E-state index contributed by atoms with van der Waals surface area (Å²) in [4.78, 5) is 5.60. The van der Waals surface area contributed by atoms with Crippen molar-refractivity contribution in [3.8, 4) is 0 Å². The van der Waals surface area contributed by atoms with Gasteiger partial charge in [-0.25, -0.2) is 4.98 Å². The molecule has 1 N–H and O–H groups in total. The molecule has 0 saturated carbocycles. The van der Waals surface area contributed by atoms with E-state index >= 15 is 0 Å². The van der Waals surface area contributed by atoms with Crippen molar-refractivity contribution in [2.45, 2.75) is 46.7 Å². The van der Waals surface area contributed by atoms with Crippen molar-refractivity contribution in [2.75, 3.05) is 0 Å². The van der Waals surface area contributed by atoms with Gasteiger partial charge in [-0.2, -0.15) is 0 Å². The molecule has 0 aromatic carbocycles. The van der Waals surface area contributed by atoms with Crippen LogP contribution in [0.2, 0.25) is 0 Å². The van der Waals surface area contributed by atoms with E-state index in [1.54, 1.807) is 11.3 Å². The van der Waals surface area contributed by atoms with Crippen molar-refractivity contribution in [2.24, 2.45) is 0 Å². The number of thiazole rings is 1. The van der Waals surface area contributed by atoms with Crippen LogP contribution in [0.3, 0.4) is 0 Å². The van der Waals surface area contributed by atoms with Gasteiger partial charge < -0.3 is 9.73 Å². The topological polar surface area (TPSA) is 38.1 Å². The molecule has 98 valence electrons. The number of rotatable bonds is 4. The average molecular weight is 264 g/mol. The lowest BCUT2D eigenvalue weighted by molar-refractivity contribution is 0.470. The maximum Gasteiger partial charge on any atom is 0.105 e. The Morgan fingerprint density at radius 1 is 1.22 bits per heavy atom. The predicted molar refractivity (Wildman–Crippen MR) is 75.0 cm³/mol. The van der Waals surface area contributed by atoms with Crippen molar-refractivity contribution in [1.82, 2.24) is 10.3 Å². The van der Waals surface area contributed by atoms with Gasteiger partial charge in [0.2, 0.25) is 0 Å². The van der Waals surface area contributed by atoms with Crippen LogP contribution in [-0.2, 0) is 0 Å². The van der Waals surface area contributed by atoms with E-state index in [4.69, 9.17) is 4.42 Å². The molecule has 0 aliphatic rings. The number of nitrogens with zero attached hydrogens (tertiary/aromatic N) is 1. The molecular formula is C14H20N2OS. The molecule has 2 atom stereocenters. The summed E-state index contributed by atoms with van der Waals surface area (Å²) in [6, 6.07) is 2.69. The number of nitrogens with one attached hydrogen (secondary N) is 1. The van der Waals surface area contributed by atoms with Gasteiger partial charge in [-0.15, -0.1) is 11.3 Å². The molecule has 4 heteroatoms. The maximum absolute atomic E-state index is 5.58. The lowest BCUT2D eigenvalue weighted by Gasteiger charge is -2.19. The number of aryl methyl sites for hydroxylation is 3. The smallest absolute Gasteiger partial charge is 0.105 e. The Bertz CT molecular complexity index is 530. The summed E-state index contributed by atoms with van der Waals surface area (Å²) in [5, 5.41) is 3.60. The van der Waals surface area contributed by atoms with Gasteiger partial charge in [0.25, 0.3) is 0 Å². The summed E-state index contributed by atoms with van der Waals surface area (Å²) >= 11 is 1.71. The SMILES string of the molecule is Cc1cc(C(C)NC(C)c2scnc2C)c(C)o1. The molecule has 0 spiro atoms. The van der Waals surface area contributed by atoms with Gasteiger partial charge in [-0.05, 0) is 40.7 Å². The second-order valence-electron chi connectivity index (χ2n) is 4.78. The molecule has 2 aromatic heterocycles. The zero-order valence-corrected chi connectivity index (χ0v) is 12.4. The number of hydrogen-bond donors (Lipinski definition) is 1. The second-order valence-corrected chi connectivity index (χ2v) is 5.67. The molecule has 0 aliphatic heterocycles. The van der Waals surface area contributed by atoms with Crippen molar-refractivity contribution < 1.29 is 4.42 Å². The van der Waals surface area contributed by atoms with Gasteiger partial charge in [0, 0.05) is 22.5 Å². The Labute approximate surface area is 112 Å². The van der Waals surface area contributed by atoms with E-state index in [1.165, 1.54) is 10.4 Å². The molecule has 0 radical (unpaired) electrons. The summed E-state index contributed by atoms with van der Waals surface area (Å²) in [6.45, 7) is 10.4.